The summed E-state index contributed by atoms with van der Waals surface area (Å²) >= 11 is 0. The molecule has 10 heteroatoms. The third kappa shape index (κ3) is 5.16. The van der Waals surface area contributed by atoms with E-state index in [4.69, 9.17) is 5.73 Å². The summed E-state index contributed by atoms with van der Waals surface area (Å²) in [4.78, 5) is 11.1. The zero-order valence-electron chi connectivity index (χ0n) is 11.9. The second-order valence-corrected chi connectivity index (χ2v) is 6.09. The molecule has 0 radical (unpaired) electrons. The number of methoxy groups -OCH3 is 1. The van der Waals surface area contributed by atoms with E-state index in [1.54, 1.807) is 4.72 Å². The third-order valence-electron chi connectivity index (χ3n) is 2.71. The van der Waals surface area contributed by atoms with Crippen molar-refractivity contribution in [2.24, 2.45) is 5.73 Å². The predicted molar refractivity (Wildman–Crippen MR) is 79.0 cm³/mol. The van der Waals surface area contributed by atoms with Gasteiger partial charge in [0.2, 0.25) is 10.0 Å². The van der Waals surface area contributed by atoms with Gasteiger partial charge in [-0.15, -0.1) is 12.4 Å². The lowest BCUT2D eigenvalue weighted by Gasteiger charge is -2.15. The number of benzene rings is 1. The second kappa shape index (κ2) is 7.82. The van der Waals surface area contributed by atoms with Gasteiger partial charge in [-0.25, -0.2) is 26.7 Å². The summed E-state index contributed by atoms with van der Waals surface area (Å²) in [5.74, 6) is -3.95. The fraction of sp³-hybridized carbons (Fsp3) is 0.417. The highest BCUT2D eigenvalue weighted by Gasteiger charge is 2.30. The molecule has 0 unspecified atom stereocenters. The van der Waals surface area contributed by atoms with Crippen LogP contribution in [0.25, 0.3) is 0 Å². The van der Waals surface area contributed by atoms with E-state index >= 15 is 0 Å². The Labute approximate surface area is 133 Å². The van der Waals surface area contributed by atoms with Crippen LogP contribution in [0.3, 0.4) is 0 Å². The maximum atomic E-state index is 13.0. The molecule has 0 heterocycles. The molecule has 0 aliphatic rings. The Morgan fingerprint density at radius 3 is 2.45 bits per heavy atom. The Kier molecular flexibility index (Phi) is 7.36. The minimum atomic E-state index is -4.12. The summed E-state index contributed by atoms with van der Waals surface area (Å²) < 4.78 is 56.2. The Morgan fingerprint density at radius 1 is 1.41 bits per heavy atom. The molecule has 1 aromatic carbocycles. The van der Waals surface area contributed by atoms with E-state index in [0.29, 0.717) is 0 Å². The van der Waals surface area contributed by atoms with Gasteiger partial charge >= 0.3 is 5.97 Å². The van der Waals surface area contributed by atoms with Crippen molar-refractivity contribution in [1.29, 1.82) is 0 Å². The Bertz CT molecular complexity index is 638. The molecule has 6 nitrogen and oxygen atoms in total. The van der Waals surface area contributed by atoms with Crippen LogP contribution < -0.4 is 10.5 Å². The number of hydrogen-bond donors (Lipinski definition) is 2. The van der Waals surface area contributed by atoms with Crippen molar-refractivity contribution in [3.63, 3.8) is 0 Å². The van der Waals surface area contributed by atoms with Gasteiger partial charge in [-0.05, 0) is 30.7 Å². The van der Waals surface area contributed by atoms with Crippen LogP contribution >= 0.6 is 12.4 Å². The van der Waals surface area contributed by atoms with Gasteiger partial charge in [-0.3, -0.25) is 0 Å². The van der Waals surface area contributed by atoms with Crippen molar-refractivity contribution in [2.45, 2.75) is 17.7 Å². The van der Waals surface area contributed by atoms with Crippen LogP contribution in [-0.2, 0) is 14.8 Å². The first-order chi connectivity index (χ1) is 9.63. The summed E-state index contributed by atoms with van der Waals surface area (Å²) in [6, 6.07) is 3.71. The molecule has 0 atom stereocenters. The molecule has 3 N–H and O–H groups in total. The first-order valence-electron chi connectivity index (χ1n) is 5.89. The molecule has 0 fully saturated rings. The average molecular weight is 359 g/mol. The summed E-state index contributed by atoms with van der Waals surface area (Å²) in [5.41, 5.74) is 5.24. The van der Waals surface area contributed by atoms with Crippen molar-refractivity contribution in [3.8, 4) is 0 Å². The van der Waals surface area contributed by atoms with Crippen LogP contribution in [0.4, 0.5) is 8.78 Å². The molecular formula is C12H17ClF2N2O4S. The highest BCUT2D eigenvalue weighted by Crippen LogP contribution is 2.18. The highest BCUT2D eigenvalue weighted by molar-refractivity contribution is 7.89. The van der Waals surface area contributed by atoms with Gasteiger partial charge in [-0.2, -0.15) is 0 Å². The maximum absolute atomic E-state index is 13.0. The van der Waals surface area contributed by atoms with E-state index in [2.05, 4.69) is 4.74 Å². The number of alkyl halides is 2. The molecule has 126 valence electrons. The van der Waals surface area contributed by atoms with Gasteiger partial charge < -0.3 is 10.5 Å². The second-order valence-electron chi connectivity index (χ2n) is 4.36. The Balaban J connectivity index is 0.00000441. The lowest BCUT2D eigenvalue weighted by Crippen LogP contribution is -2.41. The number of carbonyl (C=O) groups is 1. The molecule has 0 aromatic heterocycles. The van der Waals surface area contributed by atoms with Crippen LogP contribution in [0.2, 0.25) is 0 Å². The van der Waals surface area contributed by atoms with Crippen molar-refractivity contribution in [2.75, 3.05) is 20.2 Å². The number of carbonyl (C=O) groups excluding carboxylic acids is 1. The van der Waals surface area contributed by atoms with Crippen LogP contribution in [0.1, 0.15) is 15.9 Å². The van der Waals surface area contributed by atoms with Crippen LogP contribution in [-0.4, -0.2) is 40.5 Å². The normalized spacial score (nSPS) is 11.7. The van der Waals surface area contributed by atoms with Crippen LogP contribution in [0, 0.1) is 6.92 Å². The smallest absolute Gasteiger partial charge is 0.337 e. The summed E-state index contributed by atoms with van der Waals surface area (Å²) in [7, 11) is -2.93. The van der Waals surface area contributed by atoms with Crippen molar-refractivity contribution in [3.05, 3.63) is 29.3 Å². The molecule has 0 saturated carbocycles. The third-order valence-corrected chi connectivity index (χ3v) is 4.27. The van der Waals surface area contributed by atoms with Crippen molar-refractivity contribution < 1.29 is 26.7 Å². The number of sulfonamides is 1. The summed E-state index contributed by atoms with van der Waals surface area (Å²) in [6.07, 6.45) is 0. The largest absolute Gasteiger partial charge is 0.465 e. The zero-order valence-corrected chi connectivity index (χ0v) is 13.6. The fourth-order valence-electron chi connectivity index (χ4n) is 1.55. The van der Waals surface area contributed by atoms with E-state index in [-0.39, 0.29) is 28.4 Å². The molecule has 0 amide bonds. The number of nitrogens with two attached hydrogens (primary N) is 1. The SMILES string of the molecule is COC(=O)c1ccc(S(=O)(=O)NCC(F)(F)CN)c(C)c1.Cl. The number of rotatable bonds is 6. The quantitative estimate of drug-likeness (QED) is 0.741. The Hall–Kier alpha value is -1.29. The molecule has 22 heavy (non-hydrogen) atoms. The van der Waals surface area contributed by atoms with Gasteiger partial charge in [0.25, 0.3) is 5.92 Å². The number of hydrogen-bond acceptors (Lipinski definition) is 5. The average Bonchev–Trinajstić information content (AvgIpc) is 2.44. The molecule has 0 aliphatic carbocycles. The number of ether oxygens (including phenoxy) is 1. The van der Waals surface area contributed by atoms with Crippen LogP contribution in [0.15, 0.2) is 23.1 Å². The summed E-state index contributed by atoms with van der Waals surface area (Å²) in [6.45, 7) is -0.609. The van der Waals surface area contributed by atoms with Gasteiger partial charge in [0.15, 0.2) is 0 Å². The molecule has 0 bridgehead atoms. The van der Waals surface area contributed by atoms with Gasteiger partial charge in [0.1, 0.15) is 0 Å². The predicted octanol–water partition coefficient (Wildman–Crippen LogP) is 1.08. The lowest BCUT2D eigenvalue weighted by molar-refractivity contribution is 0.0170. The molecule has 0 saturated heterocycles. The number of esters is 1. The molecule has 0 aliphatic heterocycles. The van der Waals surface area contributed by atoms with E-state index < -0.39 is 35.0 Å². The van der Waals surface area contributed by atoms with E-state index in [1.165, 1.54) is 26.2 Å². The van der Waals surface area contributed by atoms with Crippen LogP contribution in [0.5, 0.6) is 0 Å². The van der Waals surface area contributed by atoms with Crippen molar-refractivity contribution >= 4 is 28.4 Å². The minimum Gasteiger partial charge on any atom is -0.465 e. The first-order valence-corrected chi connectivity index (χ1v) is 7.38. The topological polar surface area (TPSA) is 98.5 Å². The Morgan fingerprint density at radius 2 is 2.00 bits per heavy atom. The highest BCUT2D eigenvalue weighted by atomic mass is 35.5. The fourth-order valence-corrected chi connectivity index (χ4v) is 2.83. The molecule has 1 rings (SSSR count). The van der Waals surface area contributed by atoms with E-state index in [1.807, 2.05) is 0 Å². The molecule has 0 spiro atoms. The zero-order chi connectivity index (χ0) is 16.3. The molecular weight excluding hydrogens is 342 g/mol. The maximum Gasteiger partial charge on any atom is 0.337 e. The number of aryl methyl sites for hydroxylation is 1. The monoisotopic (exact) mass is 358 g/mol. The standard InChI is InChI=1S/C12H16F2N2O4S.ClH/c1-8-5-9(11(17)20-2)3-4-10(8)21(18,19)16-7-12(13,14)6-15;/h3-5,16H,6-7,15H2,1-2H3;1H. The summed E-state index contributed by atoms with van der Waals surface area (Å²) in [5, 5.41) is 0. The minimum absolute atomic E-state index is 0. The lowest BCUT2D eigenvalue weighted by atomic mass is 10.1. The number of halogens is 3. The number of nitrogens with one attached hydrogen (secondary N) is 1. The van der Waals surface area contributed by atoms with Gasteiger partial charge in [-0.1, -0.05) is 0 Å². The van der Waals surface area contributed by atoms with Crippen molar-refractivity contribution in [1.82, 2.24) is 4.72 Å². The first kappa shape index (κ1) is 20.7. The van der Waals surface area contributed by atoms with E-state index in [0.717, 1.165) is 6.07 Å². The van der Waals surface area contributed by atoms with E-state index in [9.17, 15) is 22.0 Å². The van der Waals surface area contributed by atoms with Gasteiger partial charge in [0.05, 0.1) is 30.7 Å². The van der Waals surface area contributed by atoms with Gasteiger partial charge in [0, 0.05) is 0 Å². The molecule has 1 aromatic rings.